The van der Waals surface area contributed by atoms with Crippen molar-refractivity contribution in [3.8, 4) is 0 Å². The monoisotopic (exact) mass is 316 g/mol. The number of amides is 1. The first-order valence-electron chi connectivity index (χ1n) is 6.92. The van der Waals surface area contributed by atoms with Gasteiger partial charge >= 0.3 is 0 Å². The second-order valence-corrected chi connectivity index (χ2v) is 6.60. The molecule has 1 amide bonds. The minimum Gasteiger partial charge on any atom is -0.389 e. The number of nitrogens with two attached hydrogens (primary N) is 1. The molecule has 1 heterocycles. The lowest BCUT2D eigenvalue weighted by atomic mass is 9.94. The van der Waals surface area contributed by atoms with Crippen LogP contribution in [0.2, 0.25) is 0 Å². The summed E-state index contributed by atoms with van der Waals surface area (Å²) in [6.45, 7) is 0. The van der Waals surface area contributed by atoms with E-state index >= 15 is 0 Å². The van der Waals surface area contributed by atoms with Crippen LogP contribution in [0.15, 0.2) is 35.7 Å². The highest BCUT2D eigenvalue weighted by atomic mass is 32.1. The Bertz CT molecular complexity index is 676. The molecule has 1 aliphatic rings. The molecule has 1 aromatic carbocycles. The van der Waals surface area contributed by atoms with E-state index in [4.69, 9.17) is 18.0 Å². The largest absolute Gasteiger partial charge is 0.389 e. The fraction of sp³-hybridized carbons (Fsp3) is 0.250. The van der Waals surface area contributed by atoms with Crippen molar-refractivity contribution >= 4 is 34.5 Å². The number of rotatable bonds is 3. The Morgan fingerprint density at radius 2 is 1.95 bits per heavy atom. The van der Waals surface area contributed by atoms with Gasteiger partial charge in [0, 0.05) is 16.0 Å². The zero-order valence-corrected chi connectivity index (χ0v) is 13.1. The van der Waals surface area contributed by atoms with Crippen molar-refractivity contribution in [2.45, 2.75) is 25.3 Å². The lowest BCUT2D eigenvalue weighted by Crippen LogP contribution is -2.30. The average molecular weight is 316 g/mol. The minimum absolute atomic E-state index is 0.0476. The van der Waals surface area contributed by atoms with Crippen LogP contribution in [-0.2, 0) is 6.42 Å². The van der Waals surface area contributed by atoms with E-state index in [9.17, 15) is 4.79 Å². The zero-order chi connectivity index (χ0) is 14.8. The van der Waals surface area contributed by atoms with Gasteiger partial charge < -0.3 is 11.1 Å². The van der Waals surface area contributed by atoms with E-state index in [0.717, 1.165) is 24.8 Å². The van der Waals surface area contributed by atoms with Crippen molar-refractivity contribution in [1.29, 1.82) is 0 Å². The van der Waals surface area contributed by atoms with Crippen LogP contribution in [0.4, 0.5) is 0 Å². The second kappa shape index (κ2) is 5.95. The van der Waals surface area contributed by atoms with Crippen molar-refractivity contribution in [2.24, 2.45) is 5.73 Å². The molecule has 0 aliphatic heterocycles. The van der Waals surface area contributed by atoms with Gasteiger partial charge in [-0.3, -0.25) is 4.79 Å². The molecule has 0 fully saturated rings. The molecule has 3 rings (SSSR count). The summed E-state index contributed by atoms with van der Waals surface area (Å²) in [6.07, 6.45) is 3.25. The fourth-order valence-corrected chi connectivity index (χ4v) is 3.79. The second-order valence-electron chi connectivity index (χ2n) is 5.16. The highest BCUT2D eigenvalue weighted by Crippen LogP contribution is 2.33. The van der Waals surface area contributed by atoms with Gasteiger partial charge in [-0.05, 0) is 48.4 Å². The van der Waals surface area contributed by atoms with E-state index in [1.54, 1.807) is 35.6 Å². The third-order valence-corrected chi connectivity index (χ3v) is 5.02. The Labute approximate surface area is 133 Å². The van der Waals surface area contributed by atoms with Crippen molar-refractivity contribution in [2.75, 3.05) is 0 Å². The average Bonchev–Trinajstić information content (AvgIpc) is 2.97. The topological polar surface area (TPSA) is 55.1 Å². The van der Waals surface area contributed by atoms with Gasteiger partial charge in [0.15, 0.2) is 0 Å². The first-order valence-corrected chi connectivity index (χ1v) is 8.21. The summed E-state index contributed by atoms with van der Waals surface area (Å²) < 4.78 is 0. The van der Waals surface area contributed by atoms with Crippen LogP contribution in [0, 0.1) is 0 Å². The van der Waals surface area contributed by atoms with Gasteiger partial charge in [-0.1, -0.05) is 24.4 Å². The van der Waals surface area contributed by atoms with Crippen molar-refractivity contribution < 1.29 is 4.79 Å². The Hall–Kier alpha value is -1.72. The highest BCUT2D eigenvalue weighted by molar-refractivity contribution is 7.80. The molecule has 0 spiro atoms. The standard InChI is InChI=1S/C16H16N2OS2/c17-15(20)10-4-6-11(7-5-10)16(19)18-13-2-1-3-14-12(13)8-9-21-14/h4-9,13H,1-3H2,(H2,17,20)(H,18,19). The smallest absolute Gasteiger partial charge is 0.251 e. The molecule has 5 heteroatoms. The van der Waals surface area contributed by atoms with Crippen LogP contribution in [0.25, 0.3) is 0 Å². The summed E-state index contributed by atoms with van der Waals surface area (Å²) in [5.41, 5.74) is 8.25. The number of carbonyl (C=O) groups is 1. The van der Waals surface area contributed by atoms with Crippen molar-refractivity contribution in [3.63, 3.8) is 0 Å². The SMILES string of the molecule is NC(=S)c1ccc(C(=O)NC2CCCc3sccc32)cc1. The molecule has 0 bridgehead atoms. The molecule has 0 saturated heterocycles. The van der Waals surface area contributed by atoms with E-state index in [0.29, 0.717) is 10.6 Å². The molecule has 2 aromatic rings. The van der Waals surface area contributed by atoms with Crippen LogP contribution < -0.4 is 11.1 Å². The number of nitrogens with one attached hydrogen (secondary N) is 1. The summed E-state index contributed by atoms with van der Waals surface area (Å²) in [4.78, 5) is 14.1. The quantitative estimate of drug-likeness (QED) is 0.855. The summed E-state index contributed by atoms with van der Waals surface area (Å²) in [5, 5.41) is 5.23. The van der Waals surface area contributed by atoms with Crippen molar-refractivity contribution in [1.82, 2.24) is 5.32 Å². The van der Waals surface area contributed by atoms with E-state index < -0.39 is 0 Å². The Kier molecular flexibility index (Phi) is 4.03. The third kappa shape index (κ3) is 2.99. The number of thiocarbonyl (C=S) groups is 1. The lowest BCUT2D eigenvalue weighted by molar-refractivity contribution is 0.0933. The molecule has 0 saturated carbocycles. The molecule has 1 aliphatic carbocycles. The van der Waals surface area contributed by atoms with Crippen LogP contribution >= 0.6 is 23.6 Å². The number of fused-ring (bicyclic) bond motifs is 1. The Morgan fingerprint density at radius 3 is 2.67 bits per heavy atom. The maximum atomic E-state index is 12.4. The van der Waals surface area contributed by atoms with E-state index in [2.05, 4.69) is 16.8 Å². The predicted molar refractivity (Wildman–Crippen MR) is 89.8 cm³/mol. The van der Waals surface area contributed by atoms with E-state index in [-0.39, 0.29) is 11.9 Å². The third-order valence-electron chi connectivity index (χ3n) is 3.79. The molecule has 1 atom stereocenters. The molecule has 1 unspecified atom stereocenters. The molecule has 1 aromatic heterocycles. The molecule has 0 radical (unpaired) electrons. The maximum absolute atomic E-state index is 12.4. The van der Waals surface area contributed by atoms with Crippen LogP contribution in [0.3, 0.4) is 0 Å². The molecule has 3 nitrogen and oxygen atoms in total. The minimum atomic E-state index is -0.0476. The summed E-state index contributed by atoms with van der Waals surface area (Å²) in [6, 6.07) is 9.35. The van der Waals surface area contributed by atoms with Crippen LogP contribution in [0.1, 0.15) is 45.2 Å². The van der Waals surface area contributed by atoms with E-state index in [1.165, 1.54) is 10.4 Å². The lowest BCUT2D eigenvalue weighted by Gasteiger charge is -2.23. The Balaban J connectivity index is 1.74. The van der Waals surface area contributed by atoms with Crippen molar-refractivity contribution in [3.05, 3.63) is 57.3 Å². The molecular weight excluding hydrogens is 300 g/mol. The number of hydrogen-bond donors (Lipinski definition) is 2. The first kappa shape index (κ1) is 14.2. The van der Waals surface area contributed by atoms with Crippen LogP contribution in [-0.4, -0.2) is 10.9 Å². The zero-order valence-electron chi connectivity index (χ0n) is 11.5. The molecule has 108 valence electrons. The Morgan fingerprint density at radius 1 is 1.24 bits per heavy atom. The molecular formula is C16H16N2OS2. The van der Waals surface area contributed by atoms with Crippen LogP contribution in [0.5, 0.6) is 0 Å². The van der Waals surface area contributed by atoms with Gasteiger partial charge in [-0.15, -0.1) is 11.3 Å². The number of thiophene rings is 1. The van der Waals surface area contributed by atoms with Gasteiger partial charge in [0.2, 0.25) is 0 Å². The summed E-state index contributed by atoms with van der Waals surface area (Å²) in [5.74, 6) is -0.0476. The highest BCUT2D eigenvalue weighted by Gasteiger charge is 2.23. The van der Waals surface area contributed by atoms with Gasteiger partial charge in [0.25, 0.3) is 5.91 Å². The molecule has 21 heavy (non-hydrogen) atoms. The molecule has 3 N–H and O–H groups in total. The summed E-state index contributed by atoms with van der Waals surface area (Å²) >= 11 is 6.69. The van der Waals surface area contributed by atoms with Gasteiger partial charge in [0.1, 0.15) is 4.99 Å². The first-order chi connectivity index (χ1) is 10.1. The fourth-order valence-electron chi connectivity index (χ4n) is 2.66. The number of benzene rings is 1. The predicted octanol–water partition coefficient (Wildman–Crippen LogP) is 3.19. The normalized spacial score (nSPS) is 17.0. The maximum Gasteiger partial charge on any atom is 0.251 e. The number of hydrogen-bond acceptors (Lipinski definition) is 3. The van der Waals surface area contributed by atoms with Gasteiger partial charge in [-0.25, -0.2) is 0 Å². The van der Waals surface area contributed by atoms with Gasteiger partial charge in [-0.2, -0.15) is 0 Å². The summed E-state index contributed by atoms with van der Waals surface area (Å²) in [7, 11) is 0. The van der Waals surface area contributed by atoms with Gasteiger partial charge in [0.05, 0.1) is 6.04 Å². The van der Waals surface area contributed by atoms with E-state index in [1.807, 2.05) is 0 Å². The number of carbonyl (C=O) groups excluding carboxylic acids is 1. The number of aryl methyl sites for hydroxylation is 1.